The molecule has 2 atom stereocenters. The first-order chi connectivity index (χ1) is 11.6. The third kappa shape index (κ3) is 2.71. The van der Waals surface area contributed by atoms with E-state index in [0.29, 0.717) is 18.5 Å². The number of benzene rings is 1. The normalized spacial score (nSPS) is 27.0. The fourth-order valence-corrected chi connectivity index (χ4v) is 5.37. The van der Waals surface area contributed by atoms with Gasteiger partial charge >= 0.3 is 6.09 Å². The van der Waals surface area contributed by atoms with Gasteiger partial charge in [-0.3, -0.25) is 4.90 Å². The molecule has 1 heterocycles. The quantitative estimate of drug-likeness (QED) is 0.917. The van der Waals surface area contributed by atoms with Crippen molar-refractivity contribution in [3.05, 3.63) is 34.9 Å². The summed E-state index contributed by atoms with van der Waals surface area (Å²) >= 11 is 0. The van der Waals surface area contributed by atoms with Crippen LogP contribution >= 0.6 is 0 Å². The van der Waals surface area contributed by atoms with Crippen molar-refractivity contribution in [2.75, 3.05) is 13.6 Å². The molecule has 2 aliphatic carbocycles. The molecule has 24 heavy (non-hydrogen) atoms. The molecule has 1 N–H and O–H groups in total. The van der Waals surface area contributed by atoms with Crippen molar-refractivity contribution in [2.45, 2.75) is 69.5 Å². The Labute approximate surface area is 144 Å². The lowest BCUT2D eigenvalue weighted by Gasteiger charge is -2.37. The van der Waals surface area contributed by atoms with Crippen LogP contribution in [0.4, 0.5) is 4.79 Å². The lowest BCUT2D eigenvalue weighted by Crippen LogP contribution is -2.41. The van der Waals surface area contributed by atoms with Crippen molar-refractivity contribution in [3.63, 3.8) is 0 Å². The van der Waals surface area contributed by atoms with Crippen molar-refractivity contribution in [1.82, 2.24) is 9.80 Å². The largest absolute Gasteiger partial charge is 0.465 e. The first-order valence-electron chi connectivity index (χ1n) is 9.45. The van der Waals surface area contributed by atoms with Crippen molar-refractivity contribution in [2.24, 2.45) is 0 Å². The highest BCUT2D eigenvalue weighted by molar-refractivity contribution is 5.64. The van der Waals surface area contributed by atoms with E-state index < -0.39 is 6.09 Å². The minimum absolute atomic E-state index is 0.502. The van der Waals surface area contributed by atoms with Crippen LogP contribution in [0.15, 0.2) is 18.2 Å². The Morgan fingerprint density at radius 2 is 2.04 bits per heavy atom. The summed E-state index contributed by atoms with van der Waals surface area (Å²) < 4.78 is 0. The zero-order valence-corrected chi connectivity index (χ0v) is 14.6. The van der Waals surface area contributed by atoms with Crippen LogP contribution in [0.3, 0.4) is 0 Å². The molecule has 4 rings (SSSR count). The summed E-state index contributed by atoms with van der Waals surface area (Å²) in [5, 5.41) is 9.17. The molecular formula is C20H28N2O2. The SMILES string of the molecule is CN(Cc1cccc2c1CC[C@H]1[C@@H]2CCN1C1CCCC1)C(=O)O. The van der Waals surface area contributed by atoms with Crippen LogP contribution in [0.2, 0.25) is 0 Å². The minimum atomic E-state index is -0.852. The van der Waals surface area contributed by atoms with Gasteiger partial charge in [-0.2, -0.15) is 0 Å². The maximum absolute atomic E-state index is 11.2. The Balaban J connectivity index is 1.58. The summed E-state index contributed by atoms with van der Waals surface area (Å²) in [5.41, 5.74) is 4.14. The van der Waals surface area contributed by atoms with Gasteiger partial charge in [-0.1, -0.05) is 31.0 Å². The van der Waals surface area contributed by atoms with E-state index in [-0.39, 0.29) is 0 Å². The van der Waals surface area contributed by atoms with E-state index in [0.717, 1.165) is 12.5 Å². The summed E-state index contributed by atoms with van der Waals surface area (Å²) in [6.07, 6.45) is 8.34. The first-order valence-corrected chi connectivity index (χ1v) is 9.45. The lowest BCUT2D eigenvalue weighted by molar-refractivity contribution is 0.153. The Morgan fingerprint density at radius 1 is 1.25 bits per heavy atom. The molecule has 1 saturated carbocycles. The van der Waals surface area contributed by atoms with Crippen LogP contribution in [0.5, 0.6) is 0 Å². The number of carbonyl (C=O) groups is 1. The Bertz CT molecular complexity index is 624. The average Bonchev–Trinajstić information content (AvgIpc) is 3.23. The maximum Gasteiger partial charge on any atom is 0.407 e. The zero-order valence-electron chi connectivity index (χ0n) is 14.6. The number of hydrogen-bond donors (Lipinski definition) is 1. The van der Waals surface area contributed by atoms with E-state index in [2.05, 4.69) is 23.1 Å². The lowest BCUT2D eigenvalue weighted by atomic mass is 9.77. The molecule has 4 nitrogen and oxygen atoms in total. The predicted molar refractivity (Wildman–Crippen MR) is 94.4 cm³/mol. The standard InChI is InChI=1S/C20H28N2O2/c1-21(20(23)24)13-14-5-4-8-17-16(14)9-10-19-18(17)11-12-22(19)15-6-2-3-7-15/h4-5,8,15,18-19H,2-3,6-7,9-13H2,1H3,(H,23,24)/t18-,19+/m1/s1. The molecule has 1 aromatic carbocycles. The van der Waals surface area contributed by atoms with Gasteiger partial charge in [0.1, 0.15) is 0 Å². The van der Waals surface area contributed by atoms with E-state index in [1.807, 2.05) is 0 Å². The van der Waals surface area contributed by atoms with Gasteiger partial charge in [0, 0.05) is 31.6 Å². The van der Waals surface area contributed by atoms with E-state index in [9.17, 15) is 9.90 Å². The fraction of sp³-hybridized carbons (Fsp3) is 0.650. The molecule has 1 aromatic rings. The van der Waals surface area contributed by atoms with E-state index in [1.165, 1.54) is 66.7 Å². The Kier molecular flexibility index (Phi) is 4.25. The second-order valence-electron chi connectivity index (χ2n) is 7.80. The van der Waals surface area contributed by atoms with Gasteiger partial charge in [0.2, 0.25) is 0 Å². The summed E-state index contributed by atoms with van der Waals surface area (Å²) in [7, 11) is 1.66. The van der Waals surface area contributed by atoms with Crippen molar-refractivity contribution in [3.8, 4) is 0 Å². The summed E-state index contributed by atoms with van der Waals surface area (Å²) in [6.45, 7) is 1.75. The van der Waals surface area contributed by atoms with Gasteiger partial charge in [-0.25, -0.2) is 4.79 Å². The molecule has 130 valence electrons. The highest BCUT2D eigenvalue weighted by Gasteiger charge is 2.42. The van der Waals surface area contributed by atoms with Gasteiger partial charge < -0.3 is 10.0 Å². The molecule has 4 heteroatoms. The summed E-state index contributed by atoms with van der Waals surface area (Å²) in [5.74, 6) is 0.657. The number of amides is 1. The molecule has 0 spiro atoms. The van der Waals surface area contributed by atoms with Crippen LogP contribution in [0.25, 0.3) is 0 Å². The highest BCUT2D eigenvalue weighted by atomic mass is 16.4. The Hall–Kier alpha value is -1.55. The van der Waals surface area contributed by atoms with E-state index >= 15 is 0 Å². The van der Waals surface area contributed by atoms with Gasteiger partial charge in [-0.05, 0) is 55.3 Å². The Morgan fingerprint density at radius 3 is 2.79 bits per heavy atom. The number of hydrogen-bond acceptors (Lipinski definition) is 2. The zero-order chi connectivity index (χ0) is 16.7. The van der Waals surface area contributed by atoms with Crippen molar-refractivity contribution < 1.29 is 9.90 Å². The predicted octanol–water partition coefficient (Wildman–Crippen LogP) is 3.84. The van der Waals surface area contributed by atoms with Gasteiger partial charge in [0.15, 0.2) is 0 Å². The third-order valence-corrected chi connectivity index (χ3v) is 6.52. The number of rotatable bonds is 3. The topological polar surface area (TPSA) is 43.8 Å². The number of likely N-dealkylation sites (tertiary alicyclic amines) is 1. The molecule has 0 aromatic heterocycles. The monoisotopic (exact) mass is 328 g/mol. The number of nitrogens with zero attached hydrogens (tertiary/aromatic N) is 2. The highest BCUT2D eigenvalue weighted by Crippen LogP contribution is 2.45. The molecular weight excluding hydrogens is 300 g/mol. The molecule has 2 fully saturated rings. The molecule has 3 aliphatic rings. The summed E-state index contributed by atoms with van der Waals surface area (Å²) in [6, 6.07) is 8.08. The molecule has 1 amide bonds. The van der Waals surface area contributed by atoms with Crippen LogP contribution in [0, 0.1) is 0 Å². The molecule has 1 saturated heterocycles. The van der Waals surface area contributed by atoms with Gasteiger partial charge in [0.25, 0.3) is 0 Å². The smallest absolute Gasteiger partial charge is 0.407 e. The maximum atomic E-state index is 11.2. The van der Waals surface area contributed by atoms with Crippen LogP contribution in [0.1, 0.15) is 61.1 Å². The van der Waals surface area contributed by atoms with Gasteiger partial charge in [0.05, 0.1) is 0 Å². The minimum Gasteiger partial charge on any atom is -0.465 e. The number of fused-ring (bicyclic) bond motifs is 3. The molecule has 0 bridgehead atoms. The summed E-state index contributed by atoms with van der Waals surface area (Å²) in [4.78, 5) is 15.4. The van der Waals surface area contributed by atoms with Crippen LogP contribution < -0.4 is 0 Å². The first kappa shape index (κ1) is 15.9. The average molecular weight is 328 g/mol. The number of carboxylic acid groups (broad SMARTS) is 1. The molecule has 1 aliphatic heterocycles. The van der Waals surface area contributed by atoms with Crippen molar-refractivity contribution >= 4 is 6.09 Å². The third-order valence-electron chi connectivity index (χ3n) is 6.52. The van der Waals surface area contributed by atoms with Crippen LogP contribution in [-0.2, 0) is 13.0 Å². The second-order valence-corrected chi connectivity index (χ2v) is 7.80. The fourth-order valence-electron chi connectivity index (χ4n) is 5.37. The van der Waals surface area contributed by atoms with Crippen molar-refractivity contribution in [1.29, 1.82) is 0 Å². The van der Waals surface area contributed by atoms with Crippen LogP contribution in [-0.4, -0.2) is 46.7 Å². The van der Waals surface area contributed by atoms with E-state index in [1.54, 1.807) is 7.05 Å². The molecule has 0 unspecified atom stereocenters. The second kappa shape index (κ2) is 6.40. The van der Waals surface area contributed by atoms with E-state index in [4.69, 9.17) is 0 Å². The van der Waals surface area contributed by atoms with Gasteiger partial charge in [-0.15, -0.1) is 0 Å². The molecule has 0 radical (unpaired) electrons.